The molecule has 4 rings (SSSR count). The number of aromatic nitrogens is 2. The van der Waals surface area contributed by atoms with Gasteiger partial charge in [0, 0.05) is 12.7 Å². The van der Waals surface area contributed by atoms with Crippen molar-refractivity contribution in [3.63, 3.8) is 0 Å². The second kappa shape index (κ2) is 8.05. The average Bonchev–Trinajstić information content (AvgIpc) is 3.48. The van der Waals surface area contributed by atoms with Crippen molar-refractivity contribution in [3.05, 3.63) is 48.3 Å². The van der Waals surface area contributed by atoms with Gasteiger partial charge in [0.1, 0.15) is 6.04 Å². The standard InChI is InChI=1S/C20H26N4O3S/c25-20(21-15-16-12-14-23(22-16)17-7-4-5-8-17)19-11-6-13-24(19)28(26,27)18-9-2-1-3-10-18/h1-3,9-10,12,14,17,19H,4-8,11,13,15H2,(H,21,25)/t19-/m0/s1. The molecule has 28 heavy (non-hydrogen) atoms. The smallest absolute Gasteiger partial charge is 0.243 e. The van der Waals surface area contributed by atoms with Gasteiger partial charge in [0.2, 0.25) is 15.9 Å². The van der Waals surface area contributed by atoms with Crippen LogP contribution in [0, 0.1) is 0 Å². The lowest BCUT2D eigenvalue weighted by atomic mass is 10.2. The SMILES string of the molecule is O=C(NCc1ccn(C2CCCC2)n1)[C@@H]1CCCN1S(=O)(=O)c1ccccc1. The van der Waals surface area contributed by atoms with Gasteiger partial charge in [-0.15, -0.1) is 0 Å². The zero-order valence-electron chi connectivity index (χ0n) is 15.8. The highest BCUT2D eigenvalue weighted by atomic mass is 32.2. The van der Waals surface area contributed by atoms with E-state index >= 15 is 0 Å². The van der Waals surface area contributed by atoms with Crippen molar-refractivity contribution in [2.45, 2.75) is 62.0 Å². The number of nitrogens with zero attached hydrogens (tertiary/aromatic N) is 3. The Kier molecular flexibility index (Phi) is 5.50. The van der Waals surface area contributed by atoms with Gasteiger partial charge in [-0.2, -0.15) is 9.40 Å². The molecule has 0 spiro atoms. The maximum absolute atomic E-state index is 12.9. The zero-order valence-corrected chi connectivity index (χ0v) is 16.6. The monoisotopic (exact) mass is 402 g/mol. The summed E-state index contributed by atoms with van der Waals surface area (Å²) in [4.78, 5) is 12.9. The fraction of sp³-hybridized carbons (Fsp3) is 0.500. The van der Waals surface area contributed by atoms with Crippen molar-refractivity contribution in [2.75, 3.05) is 6.54 Å². The fourth-order valence-electron chi connectivity index (χ4n) is 4.16. The van der Waals surface area contributed by atoms with E-state index in [9.17, 15) is 13.2 Å². The molecule has 1 atom stereocenters. The van der Waals surface area contributed by atoms with E-state index in [2.05, 4.69) is 10.4 Å². The number of hydrogen-bond acceptors (Lipinski definition) is 4. The Balaban J connectivity index is 1.40. The van der Waals surface area contributed by atoms with Gasteiger partial charge >= 0.3 is 0 Å². The second-order valence-corrected chi connectivity index (χ2v) is 9.42. The number of rotatable bonds is 6. The minimum atomic E-state index is -3.67. The molecule has 1 saturated carbocycles. The molecule has 150 valence electrons. The van der Waals surface area contributed by atoms with Gasteiger partial charge in [-0.25, -0.2) is 8.42 Å². The van der Waals surface area contributed by atoms with E-state index < -0.39 is 16.1 Å². The van der Waals surface area contributed by atoms with Gasteiger partial charge in [0.25, 0.3) is 0 Å². The molecule has 0 radical (unpaired) electrons. The van der Waals surface area contributed by atoms with Crippen molar-refractivity contribution >= 4 is 15.9 Å². The minimum absolute atomic E-state index is 0.227. The zero-order chi connectivity index (χ0) is 19.6. The quantitative estimate of drug-likeness (QED) is 0.804. The number of amides is 1. The van der Waals surface area contributed by atoms with E-state index in [4.69, 9.17) is 0 Å². The van der Waals surface area contributed by atoms with Gasteiger partial charge in [-0.3, -0.25) is 9.48 Å². The van der Waals surface area contributed by atoms with Crippen LogP contribution in [0.15, 0.2) is 47.5 Å². The number of benzene rings is 1. The van der Waals surface area contributed by atoms with E-state index in [0.29, 0.717) is 32.0 Å². The predicted octanol–water partition coefficient (Wildman–Crippen LogP) is 2.47. The number of sulfonamides is 1. The van der Waals surface area contributed by atoms with Crippen LogP contribution in [0.5, 0.6) is 0 Å². The van der Waals surface area contributed by atoms with Crippen LogP contribution < -0.4 is 5.32 Å². The molecule has 0 bridgehead atoms. The molecule has 1 N–H and O–H groups in total. The number of carbonyl (C=O) groups excluding carboxylic acids is 1. The molecule has 2 fully saturated rings. The molecule has 8 heteroatoms. The molecule has 1 saturated heterocycles. The fourth-order valence-corrected chi connectivity index (χ4v) is 5.83. The molecule has 1 amide bonds. The van der Waals surface area contributed by atoms with Crippen LogP contribution >= 0.6 is 0 Å². The first kappa shape index (κ1) is 19.1. The Bertz CT molecular complexity index is 920. The van der Waals surface area contributed by atoms with Crippen LogP contribution in [0.2, 0.25) is 0 Å². The summed E-state index contributed by atoms with van der Waals surface area (Å²) in [5.41, 5.74) is 0.802. The van der Waals surface area contributed by atoms with E-state index in [1.54, 1.807) is 30.3 Å². The largest absolute Gasteiger partial charge is 0.349 e. The molecule has 1 aromatic heterocycles. The maximum atomic E-state index is 12.9. The molecular weight excluding hydrogens is 376 g/mol. The summed E-state index contributed by atoms with van der Waals surface area (Å²) in [7, 11) is -3.67. The Morgan fingerprint density at radius 3 is 2.57 bits per heavy atom. The summed E-state index contributed by atoms with van der Waals surface area (Å²) in [5.74, 6) is -0.257. The highest BCUT2D eigenvalue weighted by Crippen LogP contribution is 2.29. The summed E-state index contributed by atoms with van der Waals surface area (Å²) in [6.45, 7) is 0.680. The van der Waals surface area contributed by atoms with Gasteiger partial charge in [-0.05, 0) is 43.9 Å². The van der Waals surface area contributed by atoms with Crippen LogP contribution in [0.25, 0.3) is 0 Å². The van der Waals surface area contributed by atoms with Crippen LogP contribution in [-0.2, 0) is 21.4 Å². The van der Waals surface area contributed by atoms with Gasteiger partial charge in [0.15, 0.2) is 0 Å². The lowest BCUT2D eigenvalue weighted by Gasteiger charge is -2.23. The first-order chi connectivity index (χ1) is 13.6. The van der Waals surface area contributed by atoms with Gasteiger partial charge in [0.05, 0.1) is 23.2 Å². The summed E-state index contributed by atoms with van der Waals surface area (Å²) in [5, 5.41) is 7.45. The molecule has 1 aliphatic carbocycles. The molecule has 2 heterocycles. The van der Waals surface area contributed by atoms with Crippen LogP contribution in [-0.4, -0.2) is 41.0 Å². The Morgan fingerprint density at radius 1 is 1.07 bits per heavy atom. The van der Waals surface area contributed by atoms with E-state index in [0.717, 1.165) is 18.5 Å². The molecule has 1 aliphatic heterocycles. The highest BCUT2D eigenvalue weighted by molar-refractivity contribution is 7.89. The van der Waals surface area contributed by atoms with Crippen molar-refractivity contribution in [3.8, 4) is 0 Å². The summed E-state index contributed by atoms with van der Waals surface area (Å²) >= 11 is 0. The van der Waals surface area contributed by atoms with Crippen molar-refractivity contribution in [2.24, 2.45) is 0 Å². The third-order valence-electron chi connectivity index (χ3n) is 5.66. The lowest BCUT2D eigenvalue weighted by molar-refractivity contribution is -0.124. The predicted molar refractivity (Wildman–Crippen MR) is 105 cm³/mol. The highest BCUT2D eigenvalue weighted by Gasteiger charge is 2.39. The minimum Gasteiger partial charge on any atom is -0.349 e. The first-order valence-electron chi connectivity index (χ1n) is 9.94. The van der Waals surface area contributed by atoms with Crippen molar-refractivity contribution in [1.29, 1.82) is 0 Å². The number of hydrogen-bond donors (Lipinski definition) is 1. The summed E-state index contributed by atoms with van der Waals surface area (Å²) in [6.07, 6.45) is 7.98. The van der Waals surface area contributed by atoms with Crippen LogP contribution in [0.4, 0.5) is 0 Å². The molecule has 7 nitrogen and oxygen atoms in total. The number of nitrogens with one attached hydrogen (secondary N) is 1. The van der Waals surface area contributed by atoms with Crippen molar-refractivity contribution < 1.29 is 13.2 Å². The van der Waals surface area contributed by atoms with Crippen LogP contribution in [0.1, 0.15) is 50.3 Å². The molecule has 0 unspecified atom stereocenters. The Hall–Kier alpha value is -2.19. The first-order valence-corrected chi connectivity index (χ1v) is 11.4. The molecule has 1 aromatic carbocycles. The van der Waals surface area contributed by atoms with Crippen molar-refractivity contribution in [1.82, 2.24) is 19.4 Å². The Morgan fingerprint density at radius 2 is 1.82 bits per heavy atom. The summed E-state index contributed by atoms with van der Waals surface area (Å²) in [6, 6.07) is 10.0. The molecule has 2 aromatic rings. The van der Waals surface area contributed by atoms with Crippen LogP contribution in [0.3, 0.4) is 0 Å². The van der Waals surface area contributed by atoms with Gasteiger partial charge in [-0.1, -0.05) is 31.0 Å². The second-order valence-electron chi connectivity index (χ2n) is 7.53. The molecule has 2 aliphatic rings. The van der Waals surface area contributed by atoms with E-state index in [-0.39, 0.29) is 10.8 Å². The molecular formula is C20H26N4O3S. The third-order valence-corrected chi connectivity index (χ3v) is 7.58. The lowest BCUT2D eigenvalue weighted by Crippen LogP contribution is -2.45. The van der Waals surface area contributed by atoms with E-state index in [1.807, 2.05) is 16.9 Å². The van der Waals surface area contributed by atoms with Gasteiger partial charge < -0.3 is 5.32 Å². The third kappa shape index (κ3) is 3.84. The maximum Gasteiger partial charge on any atom is 0.243 e. The number of carbonyl (C=O) groups is 1. The average molecular weight is 403 g/mol. The normalized spacial score (nSPS) is 21.2. The topological polar surface area (TPSA) is 84.3 Å². The van der Waals surface area contributed by atoms with E-state index in [1.165, 1.54) is 17.1 Å². The summed E-state index contributed by atoms with van der Waals surface area (Å²) < 4.78 is 29.1. The Labute approximate surface area is 165 Å².